The first-order valence-electron chi connectivity index (χ1n) is 10.8. The van der Waals surface area contributed by atoms with Gasteiger partial charge in [-0.2, -0.15) is 5.10 Å². The second-order valence-electron chi connectivity index (χ2n) is 8.24. The molecule has 2 aromatic heterocycles. The Balaban J connectivity index is 1.49. The highest BCUT2D eigenvalue weighted by atomic mass is 32.2. The number of nitrogens with two attached hydrogens (primary N) is 1. The Morgan fingerprint density at radius 2 is 1.83 bits per heavy atom. The number of halogens is 1. The predicted octanol–water partition coefficient (Wildman–Crippen LogP) is 4.04. The molecule has 35 heavy (non-hydrogen) atoms. The zero-order valence-electron chi connectivity index (χ0n) is 18.3. The van der Waals surface area contributed by atoms with E-state index in [2.05, 4.69) is 14.7 Å². The smallest absolute Gasteiger partial charge is 0.269 e. The van der Waals surface area contributed by atoms with Gasteiger partial charge in [0.1, 0.15) is 23.7 Å². The van der Waals surface area contributed by atoms with E-state index in [1.165, 1.54) is 24.5 Å². The Bertz CT molecular complexity index is 1550. The van der Waals surface area contributed by atoms with Gasteiger partial charge in [0, 0.05) is 17.7 Å². The van der Waals surface area contributed by atoms with E-state index in [4.69, 9.17) is 10.8 Å². The highest BCUT2D eigenvalue weighted by molar-refractivity contribution is 7.92. The van der Waals surface area contributed by atoms with Crippen LogP contribution in [0.2, 0.25) is 0 Å². The zero-order chi connectivity index (χ0) is 24.7. The fraction of sp³-hybridized carbons (Fsp3) is 0.227. The lowest BCUT2D eigenvalue weighted by molar-refractivity contribution is -0.384. The molecule has 1 saturated carbocycles. The minimum absolute atomic E-state index is 0.165. The van der Waals surface area contributed by atoms with Gasteiger partial charge in [-0.1, -0.05) is 18.9 Å². The van der Waals surface area contributed by atoms with Gasteiger partial charge < -0.3 is 5.73 Å². The fourth-order valence-corrected chi connectivity index (χ4v) is 5.36. The molecule has 4 aromatic rings. The van der Waals surface area contributed by atoms with Crippen LogP contribution in [-0.4, -0.2) is 33.1 Å². The maximum absolute atomic E-state index is 15.0. The predicted molar refractivity (Wildman–Crippen MR) is 127 cm³/mol. The fourth-order valence-electron chi connectivity index (χ4n) is 4.30. The lowest BCUT2D eigenvalue weighted by atomic mass is 10.1. The van der Waals surface area contributed by atoms with Crippen molar-refractivity contribution in [3.05, 3.63) is 64.7 Å². The number of nitro groups is 1. The van der Waals surface area contributed by atoms with E-state index in [-0.39, 0.29) is 28.1 Å². The molecule has 0 bridgehead atoms. The van der Waals surface area contributed by atoms with E-state index >= 15 is 4.39 Å². The van der Waals surface area contributed by atoms with E-state index in [1.54, 1.807) is 0 Å². The Hall–Kier alpha value is -4.13. The van der Waals surface area contributed by atoms with Crippen molar-refractivity contribution in [3.8, 4) is 11.3 Å². The molecule has 0 radical (unpaired) electrons. The molecule has 180 valence electrons. The normalized spacial score (nSPS) is 14.4. The third kappa shape index (κ3) is 4.14. The van der Waals surface area contributed by atoms with E-state index in [0.717, 1.165) is 49.9 Å². The molecular formula is C22H20FN7O4S. The van der Waals surface area contributed by atoms with Crippen LogP contribution in [0.1, 0.15) is 31.7 Å². The Morgan fingerprint density at radius 3 is 2.49 bits per heavy atom. The van der Waals surface area contributed by atoms with Gasteiger partial charge in [-0.05, 0) is 37.1 Å². The number of sulfonamides is 1. The van der Waals surface area contributed by atoms with Crippen molar-refractivity contribution in [2.45, 2.75) is 36.6 Å². The van der Waals surface area contributed by atoms with Crippen molar-refractivity contribution in [2.75, 3.05) is 10.5 Å². The largest absolute Gasteiger partial charge is 0.383 e. The third-order valence-electron chi connectivity index (χ3n) is 6.03. The van der Waals surface area contributed by atoms with Crippen LogP contribution in [0.4, 0.5) is 21.6 Å². The van der Waals surface area contributed by atoms with Gasteiger partial charge in [-0.25, -0.2) is 27.5 Å². The number of rotatable bonds is 6. The molecule has 3 N–H and O–H groups in total. The van der Waals surface area contributed by atoms with Crippen molar-refractivity contribution in [1.82, 2.24) is 19.7 Å². The second-order valence-corrected chi connectivity index (χ2v) is 9.92. The van der Waals surface area contributed by atoms with Gasteiger partial charge in [0.2, 0.25) is 0 Å². The van der Waals surface area contributed by atoms with Crippen molar-refractivity contribution < 1.29 is 17.7 Å². The molecule has 1 fully saturated rings. The first-order valence-corrected chi connectivity index (χ1v) is 12.3. The molecule has 0 saturated heterocycles. The Kier molecular flexibility index (Phi) is 5.55. The lowest BCUT2D eigenvalue weighted by Crippen LogP contribution is -2.14. The van der Waals surface area contributed by atoms with Crippen molar-refractivity contribution >= 4 is 38.2 Å². The zero-order valence-corrected chi connectivity index (χ0v) is 19.1. The summed E-state index contributed by atoms with van der Waals surface area (Å²) in [5.74, 6) is -0.607. The van der Waals surface area contributed by atoms with Gasteiger partial charge in [0.05, 0.1) is 26.9 Å². The number of nitrogen functional groups attached to an aromatic ring is 1. The molecule has 0 unspecified atom stereocenters. The number of nitrogens with one attached hydrogen (secondary N) is 1. The van der Waals surface area contributed by atoms with Gasteiger partial charge in [-0.15, -0.1) is 0 Å². The van der Waals surface area contributed by atoms with Gasteiger partial charge in [0.15, 0.2) is 5.65 Å². The van der Waals surface area contributed by atoms with E-state index < -0.39 is 20.8 Å². The first-order chi connectivity index (χ1) is 16.7. The molecule has 0 aliphatic heterocycles. The molecule has 11 nitrogen and oxygen atoms in total. The monoisotopic (exact) mass is 497 g/mol. The van der Waals surface area contributed by atoms with Crippen LogP contribution < -0.4 is 10.5 Å². The van der Waals surface area contributed by atoms with Gasteiger partial charge in [0.25, 0.3) is 15.7 Å². The highest BCUT2D eigenvalue weighted by Gasteiger charge is 2.25. The SMILES string of the molecule is Nc1ncnc2c1c(-c1ccc(NS(=O)(=O)c3ccc([N+](=O)[O-])cc3)c(F)c1)nn2C1CCCC1. The summed E-state index contributed by atoms with van der Waals surface area (Å²) in [7, 11) is -4.18. The molecule has 13 heteroatoms. The molecule has 0 amide bonds. The van der Waals surface area contributed by atoms with Crippen LogP contribution in [-0.2, 0) is 10.0 Å². The van der Waals surface area contributed by atoms with Gasteiger partial charge in [-0.3, -0.25) is 14.8 Å². The average Bonchev–Trinajstić information content (AvgIpc) is 3.49. The number of benzene rings is 2. The van der Waals surface area contributed by atoms with E-state index in [9.17, 15) is 18.5 Å². The summed E-state index contributed by atoms with van der Waals surface area (Å²) in [6.07, 6.45) is 5.45. The summed E-state index contributed by atoms with van der Waals surface area (Å²) in [5.41, 5.74) is 6.96. The van der Waals surface area contributed by atoms with E-state index in [1.807, 2.05) is 4.68 Å². The number of hydrogen-bond donors (Lipinski definition) is 2. The third-order valence-corrected chi connectivity index (χ3v) is 7.41. The first kappa shape index (κ1) is 22.7. The molecule has 0 spiro atoms. The van der Waals surface area contributed by atoms with Gasteiger partial charge >= 0.3 is 0 Å². The number of hydrogen-bond acceptors (Lipinski definition) is 8. The maximum atomic E-state index is 15.0. The standard InChI is InChI=1S/C22H20FN7O4S/c23-17-11-13(5-10-18(17)28-35(33,34)16-8-6-15(7-9-16)30(31)32)20-19-21(24)25-12-26-22(19)29(27-20)14-3-1-2-4-14/h5-12,14,28H,1-4H2,(H2,24,25,26). The van der Waals surface area contributed by atoms with Crippen LogP contribution in [0.5, 0.6) is 0 Å². The van der Waals surface area contributed by atoms with Crippen LogP contribution in [0.15, 0.2) is 53.7 Å². The van der Waals surface area contributed by atoms with Crippen LogP contribution >= 0.6 is 0 Å². The number of nitro benzene ring substituents is 1. The minimum atomic E-state index is -4.18. The minimum Gasteiger partial charge on any atom is -0.383 e. The molecule has 2 heterocycles. The summed E-state index contributed by atoms with van der Waals surface area (Å²) < 4.78 is 44.4. The number of non-ortho nitro benzene ring substituents is 1. The summed E-state index contributed by atoms with van der Waals surface area (Å²) in [6, 6.07) is 8.43. The lowest BCUT2D eigenvalue weighted by Gasteiger charge is -2.10. The average molecular weight is 498 g/mol. The number of fused-ring (bicyclic) bond motifs is 1. The topological polar surface area (TPSA) is 159 Å². The molecule has 2 aromatic carbocycles. The number of nitrogens with zero attached hydrogens (tertiary/aromatic N) is 5. The van der Waals surface area contributed by atoms with Crippen LogP contribution in [0.3, 0.4) is 0 Å². The summed E-state index contributed by atoms with van der Waals surface area (Å²) >= 11 is 0. The highest BCUT2D eigenvalue weighted by Crippen LogP contribution is 2.37. The molecule has 1 aliphatic rings. The number of anilines is 2. The maximum Gasteiger partial charge on any atom is 0.269 e. The van der Waals surface area contributed by atoms with Crippen molar-refractivity contribution in [2.24, 2.45) is 0 Å². The molecule has 0 atom stereocenters. The van der Waals surface area contributed by atoms with Crippen molar-refractivity contribution in [1.29, 1.82) is 0 Å². The molecule has 1 aliphatic carbocycles. The Morgan fingerprint density at radius 1 is 1.11 bits per heavy atom. The van der Waals surface area contributed by atoms with Crippen LogP contribution in [0, 0.1) is 15.9 Å². The van der Waals surface area contributed by atoms with E-state index in [0.29, 0.717) is 22.3 Å². The summed E-state index contributed by atoms with van der Waals surface area (Å²) in [4.78, 5) is 18.3. The molecular weight excluding hydrogens is 477 g/mol. The summed E-state index contributed by atoms with van der Waals surface area (Å²) in [6.45, 7) is 0. The molecule has 5 rings (SSSR count). The summed E-state index contributed by atoms with van der Waals surface area (Å²) in [5, 5.41) is 16.0. The number of aromatic nitrogens is 4. The quantitative estimate of drug-likeness (QED) is 0.298. The van der Waals surface area contributed by atoms with Crippen LogP contribution in [0.25, 0.3) is 22.3 Å². The Labute approximate surface area is 199 Å². The van der Waals surface area contributed by atoms with Crippen molar-refractivity contribution in [3.63, 3.8) is 0 Å². The second kappa shape index (κ2) is 8.58.